The molecule has 0 bridgehead atoms. The number of fused-ring (bicyclic) bond motifs is 1. The van der Waals surface area contributed by atoms with Crippen molar-refractivity contribution in [2.45, 2.75) is 50.9 Å². The first kappa shape index (κ1) is 45.1. The second-order valence-electron chi connectivity index (χ2n) is 10.9. The molecule has 0 spiro atoms. The van der Waals surface area contributed by atoms with Crippen LogP contribution in [0.3, 0.4) is 0 Å². The van der Waals surface area contributed by atoms with Crippen molar-refractivity contribution >= 4 is 71.0 Å². The fourth-order valence-electron chi connectivity index (χ4n) is 4.23. The minimum Gasteiger partial charge on any atom is -0.386 e. The van der Waals surface area contributed by atoms with Crippen LogP contribution < -0.4 is 10.6 Å². The largest absolute Gasteiger partial charge is 0.481 e. The number of aliphatic imine (C=N–C) groups is 1. The molecule has 3 rings (SSSR count). The summed E-state index contributed by atoms with van der Waals surface area (Å²) in [5.74, 6) is -1.15. The topological polar surface area (TPSA) is 350 Å². The number of imidazole rings is 1. The zero-order valence-corrected chi connectivity index (χ0v) is 30.9. The Morgan fingerprint density at radius 3 is 2.41 bits per heavy atom. The van der Waals surface area contributed by atoms with Gasteiger partial charge >= 0.3 is 23.5 Å². The number of carbonyl (C=O) groups excluding carboxylic acids is 3. The number of isocyanates is 1. The number of thiol groups is 1. The van der Waals surface area contributed by atoms with Crippen LogP contribution in [0.25, 0.3) is 11.2 Å². The molecule has 289 valence electrons. The Labute approximate surface area is 303 Å². The number of nitrogens with one attached hydrogen (secondary N) is 2. The zero-order valence-electron chi connectivity index (χ0n) is 26.3. The zero-order chi connectivity index (χ0) is 37.5. The van der Waals surface area contributed by atoms with E-state index in [9.17, 15) is 57.9 Å². The molecular formula is C22H34CoN7O17P3S. The van der Waals surface area contributed by atoms with Gasteiger partial charge in [-0.2, -0.15) is 16.9 Å². The molecule has 3 heterocycles. The van der Waals surface area contributed by atoms with Crippen molar-refractivity contribution in [1.82, 2.24) is 30.2 Å². The summed E-state index contributed by atoms with van der Waals surface area (Å²) >= 11 is 3.95. The van der Waals surface area contributed by atoms with Gasteiger partial charge in [-0.3, -0.25) is 27.7 Å². The molecule has 1 aliphatic rings. The maximum absolute atomic E-state index is 12.6. The van der Waals surface area contributed by atoms with Crippen LogP contribution in [0.1, 0.15) is 26.5 Å². The summed E-state index contributed by atoms with van der Waals surface area (Å²) in [6, 6.07) is 0. The van der Waals surface area contributed by atoms with Crippen molar-refractivity contribution in [3.8, 4) is 0 Å². The number of amides is 2. The van der Waals surface area contributed by atoms with Gasteiger partial charge in [0.1, 0.15) is 30.7 Å². The number of ether oxygens (including phenoxy) is 1. The fraction of sp³-hybridized carbons (Fsp3) is 0.636. The number of aromatic nitrogens is 4. The van der Waals surface area contributed by atoms with Crippen LogP contribution in [0.5, 0.6) is 0 Å². The van der Waals surface area contributed by atoms with Gasteiger partial charge in [0.2, 0.25) is 17.9 Å². The number of rotatable bonds is 19. The second-order valence-corrected chi connectivity index (χ2v) is 15.6. The monoisotopic (exact) mass is 852 g/mol. The number of nitrogens with zero attached hydrogens (tertiary/aromatic N) is 5. The first-order valence-electron chi connectivity index (χ1n) is 14.0. The molecule has 0 aromatic carbocycles. The first-order chi connectivity index (χ1) is 23.2. The smallest absolute Gasteiger partial charge is 0.386 e. The normalized spacial score (nSPS) is 22.2. The van der Waals surface area contributed by atoms with E-state index in [1.807, 2.05) is 0 Å². The molecule has 7 atom stereocenters. The number of carbonyl (C=O) groups is 2. The molecule has 1 aliphatic heterocycles. The molecule has 29 heteroatoms. The molecule has 8 N–H and O–H groups in total. The number of phosphoric ester groups is 3. The summed E-state index contributed by atoms with van der Waals surface area (Å²) in [7, 11) is -16.4. The van der Waals surface area contributed by atoms with E-state index >= 15 is 0 Å². The molecule has 0 saturated carbocycles. The number of phosphoric acid groups is 3. The summed E-state index contributed by atoms with van der Waals surface area (Å²) in [6.45, 7) is 0.619. The Morgan fingerprint density at radius 2 is 1.78 bits per heavy atom. The van der Waals surface area contributed by atoms with Gasteiger partial charge in [0.15, 0.2) is 23.2 Å². The van der Waals surface area contributed by atoms with Gasteiger partial charge in [0, 0.05) is 47.5 Å². The van der Waals surface area contributed by atoms with Gasteiger partial charge < -0.3 is 45.2 Å². The quantitative estimate of drug-likeness (QED) is 0.0344. The van der Waals surface area contributed by atoms with Crippen LogP contribution in [0.15, 0.2) is 17.6 Å². The Kier molecular flexibility index (Phi) is 16.7. The molecule has 1 radical (unpaired) electrons. The van der Waals surface area contributed by atoms with Gasteiger partial charge in [-0.15, -0.1) is 4.99 Å². The number of hydrogen-bond acceptors (Lipinski definition) is 18. The van der Waals surface area contributed by atoms with Crippen LogP contribution in [0.2, 0.25) is 0 Å². The minimum atomic E-state index is -5.58. The van der Waals surface area contributed by atoms with E-state index in [2.05, 4.69) is 52.0 Å². The molecule has 2 aromatic heterocycles. The maximum Gasteiger partial charge on any atom is 0.481 e. The Morgan fingerprint density at radius 1 is 1.12 bits per heavy atom. The number of hydrogen-bond donors (Lipinski definition) is 9. The van der Waals surface area contributed by atoms with Crippen LogP contribution in [-0.2, 0) is 67.5 Å². The molecule has 1 fully saturated rings. The van der Waals surface area contributed by atoms with Gasteiger partial charge in [0.25, 0.3) is 0 Å². The van der Waals surface area contributed by atoms with Crippen molar-refractivity contribution < 1.29 is 97.3 Å². The summed E-state index contributed by atoms with van der Waals surface area (Å²) in [5, 5.41) is 26.1. The third-order valence-electron chi connectivity index (χ3n) is 6.62. The van der Waals surface area contributed by atoms with E-state index in [4.69, 9.17) is 13.8 Å². The SMILES string of the molecule is CC(C)(COP(=O)(O)OP(=O)(O)OC[C@H]1O[C@@H](n2cnc3c(N=C=O)ncnc32)[C@H](O)[C@@H]1OP(=O)(O)O)[C@@H](O)C(=O)NCCC(=O)NCCS.[Co]. The van der Waals surface area contributed by atoms with E-state index in [0.29, 0.717) is 12.3 Å². The first-order valence-corrected chi connectivity index (χ1v) is 19.2. The molecule has 0 aliphatic carbocycles. The third kappa shape index (κ3) is 13.1. The maximum atomic E-state index is 12.6. The second kappa shape index (κ2) is 18.8. The summed E-state index contributed by atoms with van der Waals surface area (Å²) in [6.07, 6.45) is -5.93. The van der Waals surface area contributed by atoms with Gasteiger partial charge in [-0.1, -0.05) is 13.8 Å². The van der Waals surface area contributed by atoms with Gasteiger partial charge in [-0.25, -0.2) is 33.4 Å². The van der Waals surface area contributed by atoms with Crippen LogP contribution in [0, 0.1) is 5.41 Å². The van der Waals surface area contributed by atoms with Crippen LogP contribution >= 0.6 is 36.1 Å². The van der Waals surface area contributed by atoms with E-state index in [-0.39, 0.29) is 52.6 Å². The Hall–Kier alpha value is -2.02. The standard InChI is InChI=1S/C22H34N7O17P3S.Co/c1-22(2,17(33)20(34)24-4-3-13(31)23-5-6-50)8-43-49(40,41)46-48(38,39)42-7-12-16(45-47(35,36)37)15(32)21(44-12)29-10-27-14-18(28-11-30)25-9-26-19(14)29;/h9-10,12,15-17,21,32-33,50H,3-8H2,1-2H3,(H,23,31)(H,24,34)(H,38,39)(H,40,41)(H2,35,36,37);/t12-,15-,16-,17+,21-;/m1./s1. The molecule has 2 aromatic rings. The average molecular weight is 852 g/mol. The van der Waals surface area contributed by atoms with E-state index in [1.165, 1.54) is 19.9 Å². The third-order valence-corrected chi connectivity index (χ3v) is 9.94. The Bertz CT molecular complexity index is 1730. The fourth-order valence-corrected chi connectivity index (χ4v) is 7.17. The molecule has 2 amide bonds. The molecule has 2 unspecified atom stereocenters. The van der Waals surface area contributed by atoms with Crippen LogP contribution in [0.4, 0.5) is 5.82 Å². The van der Waals surface area contributed by atoms with Crippen molar-refractivity contribution in [3.05, 3.63) is 12.7 Å². The van der Waals surface area contributed by atoms with E-state index < -0.39 is 78.6 Å². The molecular weight excluding hydrogens is 818 g/mol. The minimum absolute atomic E-state index is 0. The van der Waals surface area contributed by atoms with Crippen molar-refractivity contribution in [2.24, 2.45) is 10.4 Å². The predicted octanol–water partition coefficient (Wildman–Crippen LogP) is -1.28. The molecule has 1 saturated heterocycles. The molecule has 51 heavy (non-hydrogen) atoms. The van der Waals surface area contributed by atoms with Crippen LogP contribution in [-0.4, -0.2) is 124 Å². The summed E-state index contributed by atoms with van der Waals surface area (Å²) in [5.41, 5.74) is -1.74. The van der Waals surface area contributed by atoms with Crippen molar-refractivity contribution in [2.75, 3.05) is 32.1 Å². The number of aliphatic hydroxyl groups is 2. The molecule has 24 nitrogen and oxygen atoms in total. The number of aliphatic hydroxyl groups excluding tert-OH is 2. The van der Waals surface area contributed by atoms with Crippen molar-refractivity contribution in [3.63, 3.8) is 0 Å². The van der Waals surface area contributed by atoms with Crippen molar-refractivity contribution in [1.29, 1.82) is 0 Å². The van der Waals surface area contributed by atoms with E-state index in [1.54, 1.807) is 0 Å². The average Bonchev–Trinajstić information content (AvgIpc) is 3.57. The predicted molar refractivity (Wildman–Crippen MR) is 167 cm³/mol. The summed E-state index contributed by atoms with van der Waals surface area (Å²) < 4.78 is 61.7. The summed E-state index contributed by atoms with van der Waals surface area (Å²) in [4.78, 5) is 88.7. The van der Waals surface area contributed by atoms with Gasteiger partial charge in [0.05, 0.1) is 19.5 Å². The Balaban J connectivity index is 0.00000901. The van der Waals surface area contributed by atoms with Gasteiger partial charge in [-0.05, 0) is 0 Å². The van der Waals surface area contributed by atoms with E-state index in [0.717, 1.165) is 17.2 Å².